The van der Waals surface area contributed by atoms with Gasteiger partial charge in [-0.3, -0.25) is 9.36 Å². The summed E-state index contributed by atoms with van der Waals surface area (Å²) in [5.74, 6) is 0.423. The minimum Gasteiger partial charge on any atom is -0.443 e. The van der Waals surface area contributed by atoms with Gasteiger partial charge in [-0.2, -0.15) is 5.26 Å². The Morgan fingerprint density at radius 3 is 2.77 bits per heavy atom. The molecular weight excluding hydrogens is 282 g/mol. The van der Waals surface area contributed by atoms with Gasteiger partial charge < -0.3 is 14.8 Å². The Bertz CT molecular complexity index is 680. The van der Waals surface area contributed by atoms with E-state index in [1.807, 2.05) is 19.1 Å². The molecule has 22 heavy (non-hydrogen) atoms. The van der Waals surface area contributed by atoms with Crippen LogP contribution in [0.15, 0.2) is 28.9 Å². The summed E-state index contributed by atoms with van der Waals surface area (Å²) >= 11 is 0. The maximum atomic E-state index is 12.4. The number of carbonyl (C=O) groups excluding carboxylic acids is 1. The zero-order valence-corrected chi connectivity index (χ0v) is 12.7. The monoisotopic (exact) mass is 301 g/mol. The molecule has 0 saturated carbocycles. The lowest BCUT2D eigenvalue weighted by atomic mass is 10.1. The number of aromatic nitrogens is 1. The molecular formula is C16H19N3O3. The second-order valence-electron chi connectivity index (χ2n) is 5.16. The van der Waals surface area contributed by atoms with Gasteiger partial charge >= 0.3 is 0 Å². The van der Waals surface area contributed by atoms with Gasteiger partial charge in [0, 0.05) is 25.0 Å². The van der Waals surface area contributed by atoms with Gasteiger partial charge in [0.1, 0.15) is 23.0 Å². The SMILES string of the molecule is Cc1oc(-n2cccc2)c(C#N)c1C(=O)NC(C)CCCO. The third-order valence-corrected chi connectivity index (χ3v) is 3.42. The molecule has 1 atom stereocenters. The Hall–Kier alpha value is -2.52. The topological polar surface area (TPSA) is 91.2 Å². The Morgan fingerprint density at radius 2 is 2.18 bits per heavy atom. The highest BCUT2D eigenvalue weighted by molar-refractivity contribution is 5.98. The zero-order valence-electron chi connectivity index (χ0n) is 12.7. The van der Waals surface area contributed by atoms with Crippen LogP contribution in [0.5, 0.6) is 0 Å². The van der Waals surface area contributed by atoms with E-state index in [1.54, 1.807) is 23.9 Å². The molecule has 0 aliphatic carbocycles. The third-order valence-electron chi connectivity index (χ3n) is 3.42. The third kappa shape index (κ3) is 3.21. The average Bonchev–Trinajstić information content (AvgIpc) is 3.11. The first-order valence-electron chi connectivity index (χ1n) is 7.17. The molecule has 0 radical (unpaired) electrons. The fraction of sp³-hybridized carbons (Fsp3) is 0.375. The molecule has 1 unspecified atom stereocenters. The molecule has 1 amide bonds. The van der Waals surface area contributed by atoms with E-state index in [2.05, 4.69) is 11.4 Å². The van der Waals surface area contributed by atoms with E-state index in [4.69, 9.17) is 9.52 Å². The summed E-state index contributed by atoms with van der Waals surface area (Å²) in [7, 11) is 0. The highest BCUT2D eigenvalue weighted by atomic mass is 16.4. The van der Waals surface area contributed by atoms with E-state index in [9.17, 15) is 10.1 Å². The van der Waals surface area contributed by atoms with Crippen LogP contribution in [-0.2, 0) is 0 Å². The molecule has 2 aromatic rings. The van der Waals surface area contributed by atoms with Crippen LogP contribution in [0, 0.1) is 18.3 Å². The molecule has 2 N–H and O–H groups in total. The van der Waals surface area contributed by atoms with Gasteiger partial charge in [-0.25, -0.2) is 0 Å². The normalized spacial score (nSPS) is 11.9. The highest BCUT2D eigenvalue weighted by Crippen LogP contribution is 2.25. The number of nitrogens with one attached hydrogen (secondary N) is 1. The van der Waals surface area contributed by atoms with Gasteiger partial charge in [0.05, 0.1) is 0 Å². The molecule has 116 valence electrons. The zero-order chi connectivity index (χ0) is 16.1. The highest BCUT2D eigenvalue weighted by Gasteiger charge is 2.25. The van der Waals surface area contributed by atoms with Crippen molar-refractivity contribution >= 4 is 5.91 Å². The molecule has 2 rings (SSSR count). The van der Waals surface area contributed by atoms with E-state index in [0.29, 0.717) is 24.5 Å². The number of aliphatic hydroxyl groups is 1. The van der Waals surface area contributed by atoms with Crippen LogP contribution >= 0.6 is 0 Å². The molecule has 0 aliphatic rings. The molecule has 0 aliphatic heterocycles. The number of hydrogen-bond donors (Lipinski definition) is 2. The summed E-state index contributed by atoms with van der Waals surface area (Å²) in [6.45, 7) is 3.62. The second kappa shape index (κ2) is 6.96. The smallest absolute Gasteiger partial charge is 0.256 e. The number of nitrogens with zero attached hydrogens (tertiary/aromatic N) is 2. The van der Waals surface area contributed by atoms with Crippen LogP contribution < -0.4 is 5.32 Å². The number of amides is 1. The molecule has 0 saturated heterocycles. The molecule has 0 spiro atoms. The van der Waals surface area contributed by atoms with Crippen molar-refractivity contribution in [3.8, 4) is 12.0 Å². The predicted octanol–water partition coefficient (Wildman–Crippen LogP) is 2.14. The van der Waals surface area contributed by atoms with Gasteiger partial charge in [0.2, 0.25) is 5.88 Å². The Kier molecular flexibility index (Phi) is 5.02. The minimum absolute atomic E-state index is 0.0875. The van der Waals surface area contributed by atoms with Crippen LogP contribution in [0.25, 0.3) is 5.88 Å². The molecule has 0 aromatic carbocycles. The lowest BCUT2D eigenvalue weighted by molar-refractivity contribution is 0.0934. The van der Waals surface area contributed by atoms with Crippen molar-refractivity contribution in [1.82, 2.24) is 9.88 Å². The number of hydrogen-bond acceptors (Lipinski definition) is 4. The molecule has 6 nitrogen and oxygen atoms in total. The summed E-state index contributed by atoms with van der Waals surface area (Å²) in [5.41, 5.74) is 0.489. The first-order chi connectivity index (χ1) is 10.6. The van der Waals surface area contributed by atoms with Crippen molar-refractivity contribution in [3.63, 3.8) is 0 Å². The number of aryl methyl sites for hydroxylation is 1. The van der Waals surface area contributed by atoms with Gasteiger partial charge in [0.15, 0.2) is 0 Å². The van der Waals surface area contributed by atoms with E-state index >= 15 is 0 Å². The summed E-state index contributed by atoms with van der Waals surface area (Å²) < 4.78 is 7.27. The second-order valence-corrected chi connectivity index (χ2v) is 5.16. The Labute approximate surface area is 129 Å². The van der Waals surface area contributed by atoms with Crippen molar-refractivity contribution in [2.75, 3.05) is 6.61 Å². The van der Waals surface area contributed by atoms with E-state index < -0.39 is 0 Å². The number of aliphatic hydroxyl groups excluding tert-OH is 1. The van der Waals surface area contributed by atoms with Crippen molar-refractivity contribution < 1.29 is 14.3 Å². The predicted molar refractivity (Wildman–Crippen MR) is 80.7 cm³/mol. The Morgan fingerprint density at radius 1 is 1.50 bits per heavy atom. The molecule has 0 fully saturated rings. The van der Waals surface area contributed by atoms with Crippen LogP contribution in [0.1, 0.15) is 41.4 Å². The standard InChI is InChI=1S/C16H19N3O3/c1-11(6-5-9-20)18-15(21)14-12(2)22-16(13(14)10-17)19-7-3-4-8-19/h3-4,7-8,11,20H,5-6,9H2,1-2H3,(H,18,21). The van der Waals surface area contributed by atoms with Crippen molar-refractivity contribution in [3.05, 3.63) is 41.4 Å². The van der Waals surface area contributed by atoms with Crippen molar-refractivity contribution in [2.24, 2.45) is 0 Å². The van der Waals surface area contributed by atoms with Gasteiger partial charge in [0.25, 0.3) is 5.91 Å². The van der Waals surface area contributed by atoms with Crippen LogP contribution in [-0.4, -0.2) is 28.2 Å². The van der Waals surface area contributed by atoms with E-state index in [-0.39, 0.29) is 29.7 Å². The first kappa shape index (κ1) is 15.9. The van der Waals surface area contributed by atoms with Gasteiger partial charge in [-0.05, 0) is 38.8 Å². The molecule has 0 bridgehead atoms. The average molecular weight is 301 g/mol. The van der Waals surface area contributed by atoms with Crippen molar-refractivity contribution in [2.45, 2.75) is 32.7 Å². The van der Waals surface area contributed by atoms with Gasteiger partial charge in [-0.15, -0.1) is 0 Å². The van der Waals surface area contributed by atoms with Crippen LogP contribution in [0.3, 0.4) is 0 Å². The molecule has 2 aromatic heterocycles. The summed E-state index contributed by atoms with van der Waals surface area (Å²) in [6.07, 6.45) is 4.80. The number of carbonyl (C=O) groups is 1. The minimum atomic E-state index is -0.332. The van der Waals surface area contributed by atoms with E-state index in [0.717, 1.165) is 0 Å². The van der Waals surface area contributed by atoms with Crippen LogP contribution in [0.2, 0.25) is 0 Å². The largest absolute Gasteiger partial charge is 0.443 e. The summed E-state index contributed by atoms with van der Waals surface area (Å²) in [6, 6.07) is 5.60. The van der Waals surface area contributed by atoms with Crippen LogP contribution in [0.4, 0.5) is 0 Å². The van der Waals surface area contributed by atoms with Gasteiger partial charge in [-0.1, -0.05) is 0 Å². The Balaban J connectivity index is 2.28. The quantitative estimate of drug-likeness (QED) is 0.855. The lowest BCUT2D eigenvalue weighted by Crippen LogP contribution is -2.33. The maximum absolute atomic E-state index is 12.4. The number of nitriles is 1. The lowest BCUT2D eigenvalue weighted by Gasteiger charge is -2.12. The summed E-state index contributed by atoms with van der Waals surface area (Å²) in [4.78, 5) is 12.4. The first-order valence-corrected chi connectivity index (χ1v) is 7.17. The maximum Gasteiger partial charge on any atom is 0.256 e. The molecule has 2 heterocycles. The van der Waals surface area contributed by atoms with Crippen molar-refractivity contribution in [1.29, 1.82) is 5.26 Å². The fourth-order valence-electron chi connectivity index (χ4n) is 2.32. The number of rotatable bonds is 6. The molecule has 6 heteroatoms. The fourth-order valence-corrected chi connectivity index (χ4v) is 2.32. The number of furan rings is 1. The van der Waals surface area contributed by atoms with E-state index in [1.165, 1.54) is 0 Å². The summed E-state index contributed by atoms with van der Waals surface area (Å²) in [5, 5.41) is 21.1.